The maximum absolute atomic E-state index is 10.6. The van der Waals surface area contributed by atoms with Crippen LogP contribution in [0.25, 0.3) is 0 Å². The molecule has 0 saturated carbocycles. The molecule has 2 saturated heterocycles. The van der Waals surface area contributed by atoms with E-state index in [9.17, 15) is 5.11 Å². The Bertz CT molecular complexity index is 439. The zero-order valence-corrected chi connectivity index (χ0v) is 19.4. The third-order valence-electron chi connectivity index (χ3n) is 5.90. The second-order valence-electron chi connectivity index (χ2n) is 8.93. The van der Waals surface area contributed by atoms with Gasteiger partial charge in [0, 0.05) is 0 Å². The molecule has 0 spiro atoms. The fourth-order valence-corrected chi connectivity index (χ4v) is 15.6. The molecule has 0 amide bonds. The summed E-state index contributed by atoms with van der Waals surface area (Å²) in [7, 11) is -5.15. The Balaban J connectivity index is 2.53. The molecular weight excluding hydrogens is 352 g/mol. The van der Waals surface area contributed by atoms with E-state index in [2.05, 4.69) is 55.4 Å². The van der Waals surface area contributed by atoms with E-state index in [4.69, 9.17) is 17.7 Å². The highest BCUT2D eigenvalue weighted by Crippen LogP contribution is 2.47. The standard InChI is InChI=1S/C18H38O5Si2/c1-11(2)24(12(3)4)20-10-16-18(17(19)15(9)21-16)22-25(23-24,13(5)6)14(7)8/h11-19H,10H2,1-9H3. The summed E-state index contributed by atoms with van der Waals surface area (Å²) in [5.74, 6) is 0. The van der Waals surface area contributed by atoms with Crippen molar-refractivity contribution in [2.75, 3.05) is 6.61 Å². The Morgan fingerprint density at radius 1 is 0.840 bits per heavy atom. The van der Waals surface area contributed by atoms with Gasteiger partial charge < -0.3 is 22.8 Å². The van der Waals surface area contributed by atoms with Crippen molar-refractivity contribution in [3.8, 4) is 0 Å². The molecule has 0 bridgehead atoms. The van der Waals surface area contributed by atoms with Gasteiger partial charge in [0.2, 0.25) is 0 Å². The molecule has 4 unspecified atom stereocenters. The molecule has 0 radical (unpaired) electrons. The zero-order chi connectivity index (χ0) is 19.2. The summed E-state index contributed by atoms with van der Waals surface area (Å²) in [5.41, 5.74) is 1.17. The number of aliphatic hydroxyl groups is 1. The first-order valence-corrected chi connectivity index (χ1v) is 13.8. The maximum atomic E-state index is 10.6. The highest BCUT2D eigenvalue weighted by molar-refractivity contribution is 6.83. The van der Waals surface area contributed by atoms with Crippen molar-refractivity contribution in [3.05, 3.63) is 0 Å². The minimum atomic E-state index is -2.64. The van der Waals surface area contributed by atoms with Crippen LogP contribution in [0.1, 0.15) is 62.3 Å². The summed E-state index contributed by atoms with van der Waals surface area (Å²) in [5, 5.41) is 10.6. The van der Waals surface area contributed by atoms with Gasteiger partial charge in [-0.25, -0.2) is 0 Å². The number of fused-ring (bicyclic) bond motifs is 1. The first kappa shape index (κ1) is 21.5. The quantitative estimate of drug-likeness (QED) is 0.733. The normalized spacial score (nSPS) is 35.3. The van der Waals surface area contributed by atoms with Crippen LogP contribution >= 0.6 is 0 Å². The van der Waals surface area contributed by atoms with Crippen LogP contribution in [0.4, 0.5) is 0 Å². The van der Waals surface area contributed by atoms with Gasteiger partial charge in [-0.3, -0.25) is 0 Å². The SMILES string of the molecule is CC1OC2CO[Si](C(C)C)(C(C)C)O[Si](C(C)C)(C(C)C)OC2C1O. The van der Waals surface area contributed by atoms with E-state index in [0.29, 0.717) is 17.7 Å². The molecule has 7 heteroatoms. The van der Waals surface area contributed by atoms with E-state index in [-0.39, 0.29) is 29.4 Å². The monoisotopic (exact) mass is 390 g/mol. The van der Waals surface area contributed by atoms with Gasteiger partial charge in [0.1, 0.15) is 18.3 Å². The van der Waals surface area contributed by atoms with Gasteiger partial charge in [0.15, 0.2) is 0 Å². The number of hydrogen-bond acceptors (Lipinski definition) is 5. The molecule has 25 heavy (non-hydrogen) atoms. The van der Waals surface area contributed by atoms with E-state index >= 15 is 0 Å². The van der Waals surface area contributed by atoms with E-state index in [1.165, 1.54) is 0 Å². The maximum Gasteiger partial charge on any atom is 0.335 e. The summed E-state index contributed by atoms with van der Waals surface area (Å²) >= 11 is 0. The predicted octanol–water partition coefficient (Wildman–Crippen LogP) is 4.09. The fraction of sp³-hybridized carbons (Fsp3) is 1.00. The van der Waals surface area contributed by atoms with Gasteiger partial charge in [-0.05, 0) is 29.1 Å². The molecular formula is C18H38O5Si2. The molecule has 0 aromatic carbocycles. The van der Waals surface area contributed by atoms with Crippen molar-refractivity contribution >= 4 is 17.1 Å². The molecule has 5 nitrogen and oxygen atoms in total. The van der Waals surface area contributed by atoms with Crippen molar-refractivity contribution in [1.29, 1.82) is 0 Å². The number of ether oxygens (including phenoxy) is 1. The van der Waals surface area contributed by atoms with E-state index in [0.717, 1.165) is 0 Å². The van der Waals surface area contributed by atoms with Crippen LogP contribution < -0.4 is 0 Å². The zero-order valence-electron chi connectivity index (χ0n) is 17.4. The molecule has 2 aliphatic rings. The summed E-state index contributed by atoms with van der Waals surface area (Å²) in [6, 6.07) is 0. The molecule has 148 valence electrons. The molecule has 0 aromatic heterocycles. The Labute approximate surface area is 155 Å². The van der Waals surface area contributed by atoms with Crippen LogP contribution in [0.5, 0.6) is 0 Å². The minimum Gasteiger partial charge on any atom is -0.414 e. The number of aliphatic hydroxyl groups excluding tert-OH is 1. The average molecular weight is 391 g/mol. The van der Waals surface area contributed by atoms with Crippen molar-refractivity contribution in [1.82, 2.24) is 0 Å². The van der Waals surface area contributed by atoms with E-state index in [1.54, 1.807) is 0 Å². The average Bonchev–Trinajstić information content (AvgIpc) is 2.73. The Morgan fingerprint density at radius 2 is 1.32 bits per heavy atom. The van der Waals surface area contributed by atoms with Crippen molar-refractivity contribution in [2.24, 2.45) is 0 Å². The second kappa shape index (κ2) is 7.69. The lowest BCUT2D eigenvalue weighted by Crippen LogP contribution is -2.65. The largest absolute Gasteiger partial charge is 0.414 e. The lowest BCUT2D eigenvalue weighted by molar-refractivity contribution is -0.0362. The summed E-state index contributed by atoms with van der Waals surface area (Å²) in [4.78, 5) is 0. The molecule has 4 atom stereocenters. The van der Waals surface area contributed by atoms with Gasteiger partial charge in [0.05, 0.1) is 12.7 Å². The summed E-state index contributed by atoms with van der Waals surface area (Å²) in [6.07, 6.45) is -1.45. The van der Waals surface area contributed by atoms with Gasteiger partial charge in [0.25, 0.3) is 0 Å². The van der Waals surface area contributed by atoms with Crippen molar-refractivity contribution in [2.45, 2.75) is 109 Å². The second-order valence-corrected chi connectivity index (χ2v) is 17.8. The first-order valence-electron chi connectivity index (χ1n) is 9.83. The van der Waals surface area contributed by atoms with E-state index in [1.807, 2.05) is 6.92 Å². The lowest BCUT2D eigenvalue weighted by Gasteiger charge is -2.51. The molecule has 2 fully saturated rings. The van der Waals surface area contributed by atoms with Crippen LogP contribution in [-0.2, 0) is 17.7 Å². The molecule has 2 rings (SSSR count). The fourth-order valence-electron chi connectivity index (χ4n) is 4.34. The van der Waals surface area contributed by atoms with Crippen LogP contribution in [-0.4, -0.2) is 53.3 Å². The van der Waals surface area contributed by atoms with Crippen LogP contribution in [0.15, 0.2) is 0 Å². The Morgan fingerprint density at radius 3 is 1.76 bits per heavy atom. The summed E-state index contributed by atoms with van der Waals surface area (Å²) < 4.78 is 26.4. The number of rotatable bonds is 4. The summed E-state index contributed by atoms with van der Waals surface area (Å²) in [6.45, 7) is 19.9. The minimum absolute atomic E-state index is 0.220. The van der Waals surface area contributed by atoms with Crippen LogP contribution in [0.2, 0.25) is 22.2 Å². The van der Waals surface area contributed by atoms with Crippen molar-refractivity contribution in [3.63, 3.8) is 0 Å². The topological polar surface area (TPSA) is 57.2 Å². The number of hydrogen-bond donors (Lipinski definition) is 1. The third-order valence-corrected chi connectivity index (χ3v) is 16.2. The van der Waals surface area contributed by atoms with Crippen LogP contribution in [0.3, 0.4) is 0 Å². The van der Waals surface area contributed by atoms with Gasteiger partial charge in [-0.2, -0.15) is 0 Å². The smallest absolute Gasteiger partial charge is 0.335 e. The predicted molar refractivity (Wildman–Crippen MR) is 104 cm³/mol. The van der Waals surface area contributed by atoms with Gasteiger partial charge >= 0.3 is 17.1 Å². The van der Waals surface area contributed by atoms with Crippen molar-refractivity contribution < 1.29 is 22.8 Å². The third kappa shape index (κ3) is 3.66. The molecule has 1 N–H and O–H groups in total. The Kier molecular flexibility index (Phi) is 6.63. The highest BCUT2D eigenvalue weighted by Gasteiger charge is 2.61. The Hall–Kier alpha value is 0.234. The van der Waals surface area contributed by atoms with Gasteiger partial charge in [-0.1, -0.05) is 55.4 Å². The van der Waals surface area contributed by atoms with E-state index < -0.39 is 23.2 Å². The molecule has 2 heterocycles. The van der Waals surface area contributed by atoms with Crippen LogP contribution in [0, 0.1) is 0 Å². The molecule has 2 aliphatic heterocycles. The molecule has 0 aliphatic carbocycles. The molecule has 0 aromatic rings. The highest BCUT2D eigenvalue weighted by atomic mass is 28.5. The first-order chi connectivity index (χ1) is 11.5. The lowest BCUT2D eigenvalue weighted by atomic mass is 10.1. The van der Waals surface area contributed by atoms with Gasteiger partial charge in [-0.15, -0.1) is 0 Å².